The van der Waals surface area contributed by atoms with Gasteiger partial charge < -0.3 is 9.84 Å². The zero-order chi connectivity index (χ0) is 21.8. The summed E-state index contributed by atoms with van der Waals surface area (Å²) in [5.74, 6) is -0.882. The van der Waals surface area contributed by atoms with Crippen molar-refractivity contribution in [2.45, 2.75) is 13.3 Å². The van der Waals surface area contributed by atoms with E-state index in [2.05, 4.69) is 4.98 Å². The third-order valence-electron chi connectivity index (χ3n) is 4.05. The Bertz CT molecular complexity index is 1030. The smallest absolute Gasteiger partial charge is 0.305 e. The maximum atomic E-state index is 12.5. The van der Waals surface area contributed by atoms with Crippen molar-refractivity contribution in [3.8, 4) is 5.75 Å². The first-order chi connectivity index (χ1) is 14.3. The minimum absolute atomic E-state index is 0.0231. The summed E-state index contributed by atoms with van der Waals surface area (Å²) in [7, 11) is 1.56. The molecule has 1 fully saturated rings. The molecule has 156 valence electrons. The van der Waals surface area contributed by atoms with Gasteiger partial charge >= 0.3 is 5.97 Å². The Morgan fingerprint density at radius 3 is 2.63 bits per heavy atom. The lowest BCUT2D eigenvalue weighted by Gasteiger charge is -2.18. The highest BCUT2D eigenvalue weighted by atomic mass is 32.2. The van der Waals surface area contributed by atoms with E-state index < -0.39 is 5.97 Å². The maximum absolute atomic E-state index is 12.5. The third kappa shape index (κ3) is 4.86. The summed E-state index contributed by atoms with van der Waals surface area (Å²) in [5, 5.41) is 11.0. The molecule has 0 bridgehead atoms. The van der Waals surface area contributed by atoms with Gasteiger partial charge in [0.15, 0.2) is 5.13 Å². The van der Waals surface area contributed by atoms with Gasteiger partial charge in [-0.3, -0.25) is 24.2 Å². The summed E-state index contributed by atoms with van der Waals surface area (Å²) in [4.78, 5) is 43.1. The summed E-state index contributed by atoms with van der Waals surface area (Å²) < 4.78 is 5.46. The standard InChI is InChI=1S/C19H17N3O5S3/c1-11(23)22(13-3-5-14(27-2)6-4-13)18-20-12(10-29-18)9-15-17(26)21(19(28)30-15)8-7-16(24)25/h3-6,9-10H,7-8H2,1-2H3,(H,24,25). The van der Waals surface area contributed by atoms with E-state index in [1.54, 1.807) is 42.8 Å². The summed E-state index contributed by atoms with van der Waals surface area (Å²) in [6, 6.07) is 7.02. The molecule has 1 saturated heterocycles. The molecular formula is C19H17N3O5S3. The Kier molecular flexibility index (Phi) is 6.85. The zero-order valence-electron chi connectivity index (χ0n) is 16.0. The van der Waals surface area contributed by atoms with E-state index in [0.717, 1.165) is 11.8 Å². The van der Waals surface area contributed by atoms with E-state index >= 15 is 0 Å². The summed E-state index contributed by atoms with van der Waals surface area (Å²) >= 11 is 7.54. The van der Waals surface area contributed by atoms with E-state index in [0.29, 0.717) is 31.5 Å². The van der Waals surface area contributed by atoms with Crippen LogP contribution in [0.25, 0.3) is 6.08 Å². The van der Waals surface area contributed by atoms with Gasteiger partial charge in [-0.2, -0.15) is 0 Å². The van der Waals surface area contributed by atoms with Gasteiger partial charge in [0.2, 0.25) is 5.91 Å². The lowest BCUT2D eigenvalue weighted by Crippen LogP contribution is -2.30. The van der Waals surface area contributed by atoms with Crippen LogP contribution in [0.2, 0.25) is 0 Å². The molecule has 3 rings (SSSR count). The quantitative estimate of drug-likeness (QED) is 0.492. The first kappa shape index (κ1) is 21.9. The predicted molar refractivity (Wildman–Crippen MR) is 120 cm³/mol. The number of carboxylic acid groups (broad SMARTS) is 1. The van der Waals surface area contributed by atoms with Crippen molar-refractivity contribution in [2.75, 3.05) is 18.6 Å². The van der Waals surface area contributed by atoms with Crippen molar-refractivity contribution >= 4 is 74.3 Å². The molecule has 1 aliphatic rings. The van der Waals surface area contributed by atoms with Gasteiger partial charge in [-0.05, 0) is 30.3 Å². The number of thioether (sulfide) groups is 1. The molecule has 30 heavy (non-hydrogen) atoms. The number of benzene rings is 1. The molecule has 2 heterocycles. The SMILES string of the molecule is COc1ccc(N(C(C)=O)c2nc(C=C3SC(=S)N(CCC(=O)O)C3=O)cs2)cc1. The van der Waals surface area contributed by atoms with Crippen LogP contribution < -0.4 is 9.64 Å². The van der Waals surface area contributed by atoms with Gasteiger partial charge in [-0.15, -0.1) is 11.3 Å². The van der Waals surface area contributed by atoms with E-state index in [4.69, 9.17) is 22.1 Å². The molecule has 2 aromatic rings. The highest BCUT2D eigenvalue weighted by Crippen LogP contribution is 2.35. The number of nitrogens with zero attached hydrogens (tertiary/aromatic N) is 3. The van der Waals surface area contributed by atoms with Crippen molar-refractivity contribution in [1.29, 1.82) is 0 Å². The topological polar surface area (TPSA) is 100 Å². The summed E-state index contributed by atoms with van der Waals surface area (Å²) in [5.41, 5.74) is 1.15. The number of ether oxygens (including phenoxy) is 1. The molecular weight excluding hydrogens is 446 g/mol. The molecule has 1 aliphatic heterocycles. The highest BCUT2D eigenvalue weighted by molar-refractivity contribution is 8.26. The second-order valence-corrected chi connectivity index (χ2v) is 8.60. The molecule has 2 amide bonds. The second kappa shape index (κ2) is 9.37. The van der Waals surface area contributed by atoms with Crippen molar-refractivity contribution in [3.05, 3.63) is 40.2 Å². The monoisotopic (exact) mass is 463 g/mol. The van der Waals surface area contributed by atoms with Crippen LogP contribution in [0.15, 0.2) is 34.6 Å². The van der Waals surface area contributed by atoms with Crippen LogP contribution in [-0.4, -0.2) is 50.7 Å². The van der Waals surface area contributed by atoms with E-state index in [9.17, 15) is 14.4 Å². The number of hydrogen-bond acceptors (Lipinski definition) is 8. The molecule has 11 heteroatoms. The Balaban J connectivity index is 1.82. The van der Waals surface area contributed by atoms with Crippen LogP contribution in [-0.2, 0) is 14.4 Å². The predicted octanol–water partition coefficient (Wildman–Crippen LogP) is 3.51. The number of hydrogen-bond donors (Lipinski definition) is 1. The number of amides is 2. The van der Waals surface area contributed by atoms with Crippen LogP contribution in [0.1, 0.15) is 19.0 Å². The molecule has 1 N–H and O–H groups in total. The molecule has 0 atom stereocenters. The van der Waals surface area contributed by atoms with E-state index in [-0.39, 0.29) is 24.8 Å². The zero-order valence-corrected chi connectivity index (χ0v) is 18.5. The van der Waals surface area contributed by atoms with Crippen molar-refractivity contribution < 1.29 is 24.2 Å². The molecule has 0 radical (unpaired) electrons. The number of thiocarbonyl (C=S) groups is 1. The average molecular weight is 464 g/mol. The minimum atomic E-state index is -1.000. The fourth-order valence-corrected chi connectivity index (χ4v) is 4.78. The highest BCUT2D eigenvalue weighted by Gasteiger charge is 2.32. The van der Waals surface area contributed by atoms with Gasteiger partial charge in [0.1, 0.15) is 10.1 Å². The molecule has 0 aliphatic carbocycles. The molecule has 0 unspecified atom stereocenters. The van der Waals surface area contributed by atoms with Gasteiger partial charge in [0, 0.05) is 18.8 Å². The number of carbonyl (C=O) groups excluding carboxylic acids is 2. The number of aliphatic carboxylic acids is 1. The van der Waals surface area contributed by atoms with Crippen molar-refractivity contribution in [2.24, 2.45) is 0 Å². The lowest BCUT2D eigenvalue weighted by molar-refractivity contribution is -0.137. The Labute approximate surface area is 186 Å². The van der Waals surface area contributed by atoms with Crippen LogP contribution in [0.3, 0.4) is 0 Å². The number of methoxy groups -OCH3 is 1. The number of carboxylic acids is 1. The summed E-state index contributed by atoms with van der Waals surface area (Å²) in [6.07, 6.45) is 1.41. The van der Waals surface area contributed by atoms with Crippen molar-refractivity contribution in [1.82, 2.24) is 9.88 Å². The van der Waals surface area contributed by atoms with Gasteiger partial charge in [-0.1, -0.05) is 24.0 Å². The van der Waals surface area contributed by atoms with Crippen LogP contribution in [0, 0.1) is 0 Å². The maximum Gasteiger partial charge on any atom is 0.305 e. The fraction of sp³-hybridized carbons (Fsp3) is 0.211. The van der Waals surface area contributed by atoms with Gasteiger partial charge in [0.05, 0.1) is 29.8 Å². The number of thiazole rings is 1. The third-order valence-corrected chi connectivity index (χ3v) is 6.27. The Morgan fingerprint density at radius 2 is 2.03 bits per heavy atom. The first-order valence-electron chi connectivity index (χ1n) is 8.67. The molecule has 0 saturated carbocycles. The number of carbonyl (C=O) groups is 3. The second-order valence-electron chi connectivity index (χ2n) is 6.08. The van der Waals surface area contributed by atoms with Gasteiger partial charge in [-0.25, -0.2) is 4.98 Å². The molecule has 0 spiro atoms. The lowest BCUT2D eigenvalue weighted by atomic mass is 10.3. The van der Waals surface area contributed by atoms with Crippen LogP contribution >= 0.6 is 35.3 Å². The minimum Gasteiger partial charge on any atom is -0.497 e. The normalized spacial score (nSPS) is 15.0. The van der Waals surface area contributed by atoms with Crippen LogP contribution in [0.5, 0.6) is 5.75 Å². The molecule has 8 nitrogen and oxygen atoms in total. The first-order valence-corrected chi connectivity index (χ1v) is 10.8. The van der Waals surface area contributed by atoms with Crippen molar-refractivity contribution in [3.63, 3.8) is 0 Å². The molecule has 1 aromatic heterocycles. The van der Waals surface area contributed by atoms with E-state index in [1.165, 1.54) is 28.1 Å². The van der Waals surface area contributed by atoms with E-state index in [1.807, 2.05) is 0 Å². The number of rotatable bonds is 7. The summed E-state index contributed by atoms with van der Waals surface area (Å²) in [6.45, 7) is 1.47. The fourth-order valence-electron chi connectivity index (χ4n) is 2.64. The molecule has 1 aromatic carbocycles. The average Bonchev–Trinajstić information content (AvgIpc) is 3.25. The number of aromatic nitrogens is 1. The Hall–Kier alpha value is -2.76. The van der Waals surface area contributed by atoms with Crippen LogP contribution in [0.4, 0.5) is 10.8 Å². The largest absolute Gasteiger partial charge is 0.497 e. The number of anilines is 2. The Morgan fingerprint density at radius 1 is 1.33 bits per heavy atom. The van der Waals surface area contributed by atoms with Gasteiger partial charge in [0.25, 0.3) is 5.91 Å².